The van der Waals surface area contributed by atoms with Gasteiger partial charge in [-0.05, 0) is 32.7 Å². The van der Waals surface area contributed by atoms with E-state index in [1.807, 2.05) is 6.92 Å². The van der Waals surface area contributed by atoms with Gasteiger partial charge in [-0.25, -0.2) is 0 Å². The van der Waals surface area contributed by atoms with Gasteiger partial charge in [-0.15, -0.1) is 0 Å². The summed E-state index contributed by atoms with van der Waals surface area (Å²) in [5.74, 6) is 0.104. The standard InChI is InChI=1S/C13H28N2O2/c1-4-5-6-10-15-13(16)12(2)14-9-7-8-11-17-3/h12,14H,4-11H2,1-3H3,(H,15,16). The summed E-state index contributed by atoms with van der Waals surface area (Å²) in [6.07, 6.45) is 5.51. The normalized spacial score (nSPS) is 12.4. The molecule has 1 unspecified atom stereocenters. The van der Waals surface area contributed by atoms with E-state index in [1.54, 1.807) is 7.11 Å². The first-order valence-corrected chi connectivity index (χ1v) is 6.72. The summed E-state index contributed by atoms with van der Waals surface area (Å²) in [6, 6.07) is -0.0980. The maximum absolute atomic E-state index is 11.6. The number of rotatable bonds is 11. The summed E-state index contributed by atoms with van der Waals surface area (Å²) in [7, 11) is 1.71. The summed E-state index contributed by atoms with van der Waals surface area (Å²) < 4.78 is 4.97. The minimum atomic E-state index is -0.0980. The molecule has 0 aromatic rings. The third-order valence-electron chi connectivity index (χ3n) is 2.70. The first-order chi connectivity index (χ1) is 8.22. The molecule has 17 heavy (non-hydrogen) atoms. The molecule has 0 heterocycles. The van der Waals surface area contributed by atoms with E-state index >= 15 is 0 Å². The average molecular weight is 244 g/mol. The first kappa shape index (κ1) is 16.4. The Morgan fingerprint density at radius 1 is 1.18 bits per heavy atom. The number of carbonyl (C=O) groups is 1. The van der Waals surface area contributed by atoms with Crippen molar-refractivity contribution in [3.63, 3.8) is 0 Å². The van der Waals surface area contributed by atoms with Gasteiger partial charge in [0.15, 0.2) is 0 Å². The van der Waals surface area contributed by atoms with E-state index in [0.717, 1.165) is 39.0 Å². The number of hydrogen-bond donors (Lipinski definition) is 2. The zero-order chi connectivity index (χ0) is 12.9. The number of hydrogen-bond acceptors (Lipinski definition) is 3. The van der Waals surface area contributed by atoms with Gasteiger partial charge in [-0.2, -0.15) is 0 Å². The molecule has 0 fully saturated rings. The minimum Gasteiger partial charge on any atom is -0.385 e. The number of ether oxygens (including phenoxy) is 1. The van der Waals surface area contributed by atoms with Gasteiger partial charge >= 0.3 is 0 Å². The van der Waals surface area contributed by atoms with Crippen molar-refractivity contribution in [2.75, 3.05) is 26.8 Å². The van der Waals surface area contributed by atoms with Gasteiger partial charge in [0.2, 0.25) is 5.91 Å². The lowest BCUT2D eigenvalue weighted by molar-refractivity contribution is -0.122. The summed E-state index contributed by atoms with van der Waals surface area (Å²) in [6.45, 7) is 6.52. The molecule has 4 heteroatoms. The SMILES string of the molecule is CCCCCNC(=O)C(C)NCCCCOC. The van der Waals surface area contributed by atoms with Crippen molar-refractivity contribution in [2.45, 2.75) is 52.0 Å². The predicted molar refractivity (Wildman–Crippen MR) is 71.1 cm³/mol. The second-order valence-corrected chi connectivity index (χ2v) is 4.37. The summed E-state index contributed by atoms with van der Waals surface area (Å²) in [4.78, 5) is 11.6. The zero-order valence-corrected chi connectivity index (χ0v) is 11.6. The van der Waals surface area contributed by atoms with Crippen LogP contribution in [-0.4, -0.2) is 38.8 Å². The molecule has 0 bridgehead atoms. The van der Waals surface area contributed by atoms with E-state index < -0.39 is 0 Å². The molecule has 4 nitrogen and oxygen atoms in total. The molecule has 0 aliphatic carbocycles. The molecule has 0 aliphatic heterocycles. The van der Waals surface area contributed by atoms with Crippen molar-refractivity contribution < 1.29 is 9.53 Å². The zero-order valence-electron chi connectivity index (χ0n) is 11.6. The summed E-state index contributed by atoms with van der Waals surface area (Å²) in [5.41, 5.74) is 0. The number of nitrogens with one attached hydrogen (secondary N) is 2. The van der Waals surface area contributed by atoms with Crippen LogP contribution in [0.15, 0.2) is 0 Å². The van der Waals surface area contributed by atoms with Gasteiger partial charge in [0.25, 0.3) is 0 Å². The van der Waals surface area contributed by atoms with Gasteiger partial charge in [0.1, 0.15) is 0 Å². The highest BCUT2D eigenvalue weighted by atomic mass is 16.5. The largest absolute Gasteiger partial charge is 0.385 e. The Kier molecular flexibility index (Phi) is 11.4. The second kappa shape index (κ2) is 11.9. The number of carbonyl (C=O) groups excluding carboxylic acids is 1. The van der Waals surface area contributed by atoms with Crippen molar-refractivity contribution in [1.29, 1.82) is 0 Å². The molecular formula is C13H28N2O2. The fraction of sp³-hybridized carbons (Fsp3) is 0.923. The van der Waals surface area contributed by atoms with Crippen molar-refractivity contribution in [3.8, 4) is 0 Å². The molecule has 0 aromatic heterocycles. The minimum absolute atomic E-state index is 0.0980. The molecule has 102 valence electrons. The topological polar surface area (TPSA) is 50.4 Å². The third-order valence-corrected chi connectivity index (χ3v) is 2.70. The van der Waals surface area contributed by atoms with E-state index in [2.05, 4.69) is 17.6 Å². The van der Waals surface area contributed by atoms with Crippen LogP contribution in [0, 0.1) is 0 Å². The van der Waals surface area contributed by atoms with Crippen molar-refractivity contribution in [3.05, 3.63) is 0 Å². The Hall–Kier alpha value is -0.610. The molecule has 0 saturated carbocycles. The third kappa shape index (κ3) is 10.3. The van der Waals surface area contributed by atoms with E-state index in [1.165, 1.54) is 12.8 Å². The van der Waals surface area contributed by atoms with E-state index in [-0.39, 0.29) is 11.9 Å². The molecule has 1 atom stereocenters. The molecular weight excluding hydrogens is 216 g/mol. The number of unbranched alkanes of at least 4 members (excludes halogenated alkanes) is 3. The van der Waals surface area contributed by atoms with Crippen LogP contribution in [0.4, 0.5) is 0 Å². The van der Waals surface area contributed by atoms with E-state index in [9.17, 15) is 4.79 Å². The number of amides is 1. The molecule has 0 rings (SSSR count). The fourth-order valence-electron chi connectivity index (χ4n) is 1.52. The van der Waals surface area contributed by atoms with Crippen molar-refractivity contribution >= 4 is 5.91 Å². The van der Waals surface area contributed by atoms with Crippen LogP contribution in [0.25, 0.3) is 0 Å². The monoisotopic (exact) mass is 244 g/mol. The van der Waals surface area contributed by atoms with Gasteiger partial charge in [0, 0.05) is 20.3 Å². The molecule has 0 saturated heterocycles. The average Bonchev–Trinajstić information content (AvgIpc) is 2.34. The lowest BCUT2D eigenvalue weighted by atomic mass is 10.2. The fourth-order valence-corrected chi connectivity index (χ4v) is 1.52. The molecule has 0 radical (unpaired) electrons. The number of methoxy groups -OCH3 is 1. The van der Waals surface area contributed by atoms with Crippen LogP contribution >= 0.6 is 0 Å². The van der Waals surface area contributed by atoms with Crippen LogP contribution < -0.4 is 10.6 Å². The second-order valence-electron chi connectivity index (χ2n) is 4.37. The van der Waals surface area contributed by atoms with Gasteiger partial charge in [-0.3, -0.25) is 4.79 Å². The smallest absolute Gasteiger partial charge is 0.236 e. The Bertz CT molecular complexity index is 186. The van der Waals surface area contributed by atoms with Crippen molar-refractivity contribution in [2.24, 2.45) is 0 Å². The van der Waals surface area contributed by atoms with E-state index in [4.69, 9.17) is 4.74 Å². The highest BCUT2D eigenvalue weighted by Gasteiger charge is 2.10. The van der Waals surface area contributed by atoms with Crippen LogP contribution in [0.3, 0.4) is 0 Å². The lowest BCUT2D eigenvalue weighted by Gasteiger charge is -2.13. The van der Waals surface area contributed by atoms with Crippen LogP contribution in [0.2, 0.25) is 0 Å². The Balaban J connectivity index is 3.40. The van der Waals surface area contributed by atoms with Gasteiger partial charge in [-0.1, -0.05) is 19.8 Å². The maximum Gasteiger partial charge on any atom is 0.236 e. The lowest BCUT2D eigenvalue weighted by Crippen LogP contribution is -2.42. The van der Waals surface area contributed by atoms with Crippen molar-refractivity contribution in [1.82, 2.24) is 10.6 Å². The quantitative estimate of drug-likeness (QED) is 0.544. The van der Waals surface area contributed by atoms with Crippen LogP contribution in [-0.2, 0) is 9.53 Å². The Labute approximate surface area is 105 Å². The predicted octanol–water partition coefficient (Wildman–Crippen LogP) is 1.70. The molecule has 0 aromatic carbocycles. The molecule has 2 N–H and O–H groups in total. The van der Waals surface area contributed by atoms with Gasteiger partial charge < -0.3 is 15.4 Å². The van der Waals surface area contributed by atoms with Crippen LogP contribution in [0.1, 0.15) is 46.0 Å². The highest BCUT2D eigenvalue weighted by molar-refractivity contribution is 5.81. The maximum atomic E-state index is 11.6. The highest BCUT2D eigenvalue weighted by Crippen LogP contribution is 1.92. The first-order valence-electron chi connectivity index (χ1n) is 6.72. The van der Waals surface area contributed by atoms with Crippen LogP contribution in [0.5, 0.6) is 0 Å². The van der Waals surface area contributed by atoms with E-state index in [0.29, 0.717) is 0 Å². The van der Waals surface area contributed by atoms with Gasteiger partial charge in [0.05, 0.1) is 6.04 Å². The summed E-state index contributed by atoms with van der Waals surface area (Å²) >= 11 is 0. The summed E-state index contributed by atoms with van der Waals surface area (Å²) in [5, 5.41) is 6.16. The molecule has 1 amide bonds. The molecule has 0 aliphatic rings. The Morgan fingerprint density at radius 3 is 2.53 bits per heavy atom. The molecule has 0 spiro atoms. The Morgan fingerprint density at radius 2 is 1.88 bits per heavy atom.